The molecule has 0 fully saturated rings. The second kappa shape index (κ2) is 18.3. The SMILES string of the molecule is CC(=O)[C@@H]([NH3+])CCCC[NH3+].O=C([O-])/C=C\C(=O)O.O=C([O-])/C=C\C(=O)O. The van der Waals surface area contributed by atoms with Gasteiger partial charge >= 0.3 is 11.9 Å². The number of carboxylic acids is 4. The van der Waals surface area contributed by atoms with Crippen molar-refractivity contribution in [1.82, 2.24) is 0 Å². The quantitative estimate of drug-likeness (QED) is 0.223. The van der Waals surface area contributed by atoms with Crippen LogP contribution < -0.4 is 21.7 Å². The predicted octanol–water partition coefficient (Wildman–Crippen LogP) is -4.65. The molecule has 0 aromatic rings. The molecule has 0 rings (SSSR count). The van der Waals surface area contributed by atoms with Crippen LogP contribution in [0.2, 0.25) is 0 Å². The monoisotopic (exact) mass is 376 g/mol. The van der Waals surface area contributed by atoms with Crippen LogP contribution in [0.15, 0.2) is 24.3 Å². The number of hydrogen-bond acceptors (Lipinski definition) is 7. The lowest BCUT2D eigenvalue weighted by molar-refractivity contribution is -0.405. The summed E-state index contributed by atoms with van der Waals surface area (Å²) >= 11 is 0. The van der Waals surface area contributed by atoms with Crippen LogP contribution in [0.1, 0.15) is 26.2 Å². The zero-order valence-corrected chi connectivity index (χ0v) is 14.4. The summed E-state index contributed by atoms with van der Waals surface area (Å²) in [6.45, 7) is 2.56. The third-order valence-electron chi connectivity index (χ3n) is 2.35. The van der Waals surface area contributed by atoms with Gasteiger partial charge in [0.2, 0.25) is 0 Å². The first-order chi connectivity index (χ1) is 11.9. The molecule has 0 aromatic heterocycles. The summed E-state index contributed by atoms with van der Waals surface area (Å²) in [6, 6.07) is 0.00606. The normalized spacial score (nSPS) is 10.9. The van der Waals surface area contributed by atoms with Gasteiger partial charge in [-0.2, -0.15) is 0 Å². The number of carbonyl (C=O) groups is 5. The number of aliphatic carboxylic acids is 4. The second-order valence-electron chi connectivity index (χ2n) is 4.64. The third-order valence-corrected chi connectivity index (χ3v) is 2.35. The highest BCUT2D eigenvalue weighted by Gasteiger charge is 2.10. The lowest BCUT2D eigenvalue weighted by Crippen LogP contribution is -2.64. The van der Waals surface area contributed by atoms with Crippen molar-refractivity contribution in [3.8, 4) is 0 Å². The van der Waals surface area contributed by atoms with Crippen LogP contribution in [0, 0.1) is 0 Å². The molecule has 0 aliphatic carbocycles. The molecule has 0 saturated carbocycles. The minimum atomic E-state index is -1.51. The fourth-order valence-corrected chi connectivity index (χ4v) is 1.05. The maximum atomic E-state index is 10.7. The molecule has 11 heteroatoms. The highest BCUT2D eigenvalue weighted by molar-refractivity contribution is 5.89. The second-order valence-corrected chi connectivity index (χ2v) is 4.64. The number of Topliss-reactive ketones (excluding diaryl/α,β-unsaturated/α-hetero) is 1. The standard InChI is InChI=1S/C7H16N2O.2C4H4O4/c1-6(10)7(9)4-2-3-5-8;2*5-3(6)1-2-4(7)8/h7H,2-5,8-9H2,1H3;2*1-2H,(H,5,6)(H,7,8)/b;2*2-1-/t7-;;/m0../s1. The minimum Gasteiger partial charge on any atom is -0.545 e. The van der Waals surface area contributed by atoms with E-state index < -0.39 is 23.9 Å². The van der Waals surface area contributed by atoms with E-state index in [0.717, 1.165) is 25.8 Å². The van der Waals surface area contributed by atoms with Crippen molar-refractivity contribution in [2.45, 2.75) is 32.2 Å². The molecule has 11 nitrogen and oxygen atoms in total. The van der Waals surface area contributed by atoms with Crippen molar-refractivity contribution >= 4 is 29.7 Å². The lowest BCUT2D eigenvalue weighted by Gasteiger charge is -2.01. The van der Waals surface area contributed by atoms with E-state index in [-0.39, 0.29) is 11.8 Å². The van der Waals surface area contributed by atoms with E-state index in [1.54, 1.807) is 6.92 Å². The zero-order chi connectivity index (χ0) is 21.1. The summed E-state index contributed by atoms with van der Waals surface area (Å²) in [6.07, 6.45) is 5.00. The van der Waals surface area contributed by atoms with Crippen molar-refractivity contribution in [3.05, 3.63) is 24.3 Å². The number of carbonyl (C=O) groups excluding carboxylic acids is 3. The van der Waals surface area contributed by atoms with Gasteiger partial charge in [0.05, 0.1) is 18.5 Å². The van der Waals surface area contributed by atoms with Crippen molar-refractivity contribution in [3.63, 3.8) is 0 Å². The number of carboxylic acid groups (broad SMARTS) is 4. The molecule has 8 N–H and O–H groups in total. The molecule has 0 bridgehead atoms. The summed E-state index contributed by atoms with van der Waals surface area (Å²) in [5.74, 6) is -5.41. The molecule has 26 heavy (non-hydrogen) atoms. The number of quaternary nitrogens is 2. The molecule has 0 aliphatic rings. The van der Waals surface area contributed by atoms with Crippen LogP contribution in [0.5, 0.6) is 0 Å². The molecule has 148 valence electrons. The molecule has 0 radical (unpaired) electrons. The first kappa shape index (κ1) is 27.8. The van der Waals surface area contributed by atoms with E-state index in [1.165, 1.54) is 0 Å². The predicted molar refractivity (Wildman–Crippen MR) is 82.5 cm³/mol. The van der Waals surface area contributed by atoms with Crippen molar-refractivity contribution < 1.29 is 55.9 Å². The molecule has 0 spiro atoms. The lowest BCUT2D eigenvalue weighted by atomic mass is 10.1. The van der Waals surface area contributed by atoms with E-state index in [4.69, 9.17) is 10.2 Å². The molecule has 0 aliphatic heterocycles. The minimum absolute atomic E-state index is 0.00606. The van der Waals surface area contributed by atoms with Gasteiger partial charge in [-0.05, 0) is 25.0 Å². The Balaban J connectivity index is -0.000000308. The Morgan fingerprint density at radius 2 is 1.27 bits per heavy atom. The van der Waals surface area contributed by atoms with E-state index >= 15 is 0 Å². The van der Waals surface area contributed by atoms with Crippen LogP contribution in [0.25, 0.3) is 0 Å². The topological polar surface area (TPSA) is 227 Å². The van der Waals surface area contributed by atoms with Crippen molar-refractivity contribution in [2.75, 3.05) is 6.54 Å². The number of unbranched alkanes of at least 4 members (excludes halogenated alkanes) is 1. The third kappa shape index (κ3) is 32.8. The molecule has 0 aromatic carbocycles. The Kier molecular flexibility index (Phi) is 19.5. The van der Waals surface area contributed by atoms with E-state index in [9.17, 15) is 34.2 Å². The van der Waals surface area contributed by atoms with Gasteiger partial charge in [0, 0.05) is 25.5 Å². The smallest absolute Gasteiger partial charge is 0.328 e. The van der Waals surface area contributed by atoms with Gasteiger partial charge in [0.25, 0.3) is 0 Å². The van der Waals surface area contributed by atoms with Gasteiger partial charge < -0.3 is 41.5 Å². The van der Waals surface area contributed by atoms with Crippen LogP contribution in [0.4, 0.5) is 0 Å². The van der Waals surface area contributed by atoms with E-state index in [2.05, 4.69) is 11.5 Å². The summed E-state index contributed by atoms with van der Waals surface area (Å²) in [5, 5.41) is 34.5. The highest BCUT2D eigenvalue weighted by Crippen LogP contribution is 1.96. The van der Waals surface area contributed by atoms with Gasteiger partial charge in [-0.1, -0.05) is 0 Å². The molecule has 0 saturated heterocycles. The Labute approximate surface area is 149 Å². The van der Waals surface area contributed by atoms with Gasteiger partial charge in [-0.15, -0.1) is 0 Å². The maximum Gasteiger partial charge on any atom is 0.328 e. The fourth-order valence-electron chi connectivity index (χ4n) is 1.05. The van der Waals surface area contributed by atoms with Gasteiger partial charge in [-0.3, -0.25) is 4.79 Å². The van der Waals surface area contributed by atoms with Crippen LogP contribution in [-0.2, 0) is 24.0 Å². The van der Waals surface area contributed by atoms with Crippen molar-refractivity contribution in [2.24, 2.45) is 0 Å². The largest absolute Gasteiger partial charge is 0.545 e. The van der Waals surface area contributed by atoms with Gasteiger partial charge in [-0.25, -0.2) is 9.59 Å². The summed E-state index contributed by atoms with van der Waals surface area (Å²) in [5.41, 5.74) is 7.46. The Morgan fingerprint density at radius 3 is 1.46 bits per heavy atom. The Hall–Kier alpha value is -3.05. The Bertz CT molecular complexity index is 461. The number of ketones is 1. The average molecular weight is 376 g/mol. The first-order valence-corrected chi connectivity index (χ1v) is 7.30. The molecule has 0 unspecified atom stereocenters. The molecule has 0 heterocycles. The molecular formula is C15H24N2O9. The van der Waals surface area contributed by atoms with Gasteiger partial charge in [0.1, 0.15) is 6.04 Å². The number of hydrogen-bond donors (Lipinski definition) is 4. The summed E-state index contributed by atoms with van der Waals surface area (Å²) in [4.78, 5) is 48.6. The Morgan fingerprint density at radius 1 is 0.885 bits per heavy atom. The number of rotatable bonds is 9. The first-order valence-electron chi connectivity index (χ1n) is 7.30. The molecular weight excluding hydrogens is 352 g/mol. The van der Waals surface area contributed by atoms with Crippen LogP contribution in [-0.4, -0.2) is 52.5 Å². The van der Waals surface area contributed by atoms with Gasteiger partial charge in [0.15, 0.2) is 5.78 Å². The van der Waals surface area contributed by atoms with Crippen molar-refractivity contribution in [1.29, 1.82) is 0 Å². The van der Waals surface area contributed by atoms with Crippen LogP contribution >= 0.6 is 0 Å². The fraction of sp³-hybridized carbons (Fsp3) is 0.400. The summed E-state index contributed by atoms with van der Waals surface area (Å²) < 4.78 is 0. The zero-order valence-electron chi connectivity index (χ0n) is 14.4. The van der Waals surface area contributed by atoms with E-state index in [1.807, 2.05) is 0 Å². The molecule has 0 amide bonds. The summed E-state index contributed by atoms with van der Waals surface area (Å²) in [7, 11) is 0. The highest BCUT2D eigenvalue weighted by atomic mass is 16.4. The van der Waals surface area contributed by atoms with Crippen LogP contribution in [0.3, 0.4) is 0 Å². The maximum absolute atomic E-state index is 10.7. The van der Waals surface area contributed by atoms with E-state index in [0.29, 0.717) is 24.3 Å². The average Bonchev–Trinajstić information content (AvgIpc) is 2.52. The molecule has 1 atom stereocenters.